The molecule has 0 aliphatic rings. The second-order valence-corrected chi connectivity index (χ2v) is 4.80. The first-order chi connectivity index (χ1) is 11.6. The highest BCUT2D eigenvalue weighted by atomic mass is 16.5. The number of hydrogen-bond donors (Lipinski definition) is 2. The SMILES string of the molecule is CCC(O)O.O=C=Nc1ccc(Cc2ccc(N=C=O)cc2)cc1. The van der Waals surface area contributed by atoms with Gasteiger partial charge < -0.3 is 10.2 Å². The lowest BCUT2D eigenvalue weighted by molar-refractivity contribution is -0.0413. The van der Waals surface area contributed by atoms with Crippen LogP contribution in [0.15, 0.2) is 58.5 Å². The first kappa shape index (κ1) is 19.2. The zero-order valence-electron chi connectivity index (χ0n) is 13.2. The standard InChI is InChI=1S/C15H10N2O2.C3H8O2/c18-10-16-14-5-1-12(2-6-14)9-13-3-7-15(8-4-13)17-11-19;1-2-3(4)5/h1-8H,9H2;3-5H,2H2,1H3. The Morgan fingerprint density at radius 1 is 0.833 bits per heavy atom. The Morgan fingerprint density at radius 2 is 1.17 bits per heavy atom. The van der Waals surface area contributed by atoms with Crippen molar-refractivity contribution in [2.45, 2.75) is 26.1 Å². The lowest BCUT2D eigenvalue weighted by Crippen LogP contribution is -1.99. The number of isocyanates is 2. The van der Waals surface area contributed by atoms with Crippen molar-refractivity contribution in [3.63, 3.8) is 0 Å². The lowest BCUT2D eigenvalue weighted by Gasteiger charge is -2.02. The molecule has 24 heavy (non-hydrogen) atoms. The maximum Gasteiger partial charge on any atom is 0.240 e. The molecule has 0 bridgehead atoms. The van der Waals surface area contributed by atoms with E-state index in [0.717, 1.165) is 17.5 Å². The topological polar surface area (TPSA) is 99.3 Å². The molecular weight excluding hydrogens is 308 g/mol. The number of hydrogen-bond acceptors (Lipinski definition) is 6. The number of benzene rings is 2. The molecule has 124 valence electrons. The van der Waals surface area contributed by atoms with Crippen LogP contribution in [-0.2, 0) is 16.0 Å². The van der Waals surface area contributed by atoms with Gasteiger partial charge in [-0.05, 0) is 48.2 Å². The largest absolute Gasteiger partial charge is 0.368 e. The van der Waals surface area contributed by atoms with Crippen LogP contribution in [0.5, 0.6) is 0 Å². The van der Waals surface area contributed by atoms with Crippen molar-refractivity contribution in [1.29, 1.82) is 0 Å². The number of carbonyl (C=O) groups excluding carboxylic acids is 2. The van der Waals surface area contributed by atoms with E-state index in [-0.39, 0.29) is 0 Å². The van der Waals surface area contributed by atoms with Gasteiger partial charge in [-0.2, -0.15) is 9.98 Å². The van der Waals surface area contributed by atoms with Crippen molar-refractivity contribution < 1.29 is 19.8 Å². The fourth-order valence-corrected chi connectivity index (χ4v) is 1.72. The average Bonchev–Trinajstić information content (AvgIpc) is 2.59. The molecule has 0 amide bonds. The maximum atomic E-state index is 10.1. The van der Waals surface area contributed by atoms with Gasteiger partial charge in [-0.15, -0.1) is 0 Å². The smallest absolute Gasteiger partial charge is 0.240 e. The van der Waals surface area contributed by atoms with Crippen molar-refractivity contribution in [1.82, 2.24) is 0 Å². The fourth-order valence-electron chi connectivity index (χ4n) is 1.72. The van der Waals surface area contributed by atoms with Crippen LogP contribution in [0, 0.1) is 0 Å². The van der Waals surface area contributed by atoms with Gasteiger partial charge in [0, 0.05) is 0 Å². The molecule has 0 aliphatic heterocycles. The van der Waals surface area contributed by atoms with E-state index in [1.807, 2.05) is 24.3 Å². The number of aliphatic hydroxyl groups excluding tert-OH is 1. The maximum absolute atomic E-state index is 10.1. The summed E-state index contributed by atoms with van der Waals surface area (Å²) in [6.45, 7) is 1.70. The Labute approximate surface area is 139 Å². The monoisotopic (exact) mass is 326 g/mol. The molecule has 0 atom stereocenters. The van der Waals surface area contributed by atoms with Gasteiger partial charge >= 0.3 is 0 Å². The van der Waals surface area contributed by atoms with Crippen LogP contribution in [0.2, 0.25) is 0 Å². The van der Waals surface area contributed by atoms with E-state index in [1.54, 1.807) is 31.2 Å². The summed E-state index contributed by atoms with van der Waals surface area (Å²) < 4.78 is 0. The van der Waals surface area contributed by atoms with Crippen LogP contribution in [0.1, 0.15) is 24.5 Å². The molecule has 0 spiro atoms. The normalized spacial score (nSPS) is 9.33. The Bertz CT molecular complexity index is 652. The molecule has 0 aromatic heterocycles. The van der Waals surface area contributed by atoms with Crippen LogP contribution < -0.4 is 0 Å². The molecule has 0 saturated heterocycles. The minimum Gasteiger partial charge on any atom is -0.368 e. The van der Waals surface area contributed by atoms with E-state index in [0.29, 0.717) is 17.8 Å². The van der Waals surface area contributed by atoms with E-state index in [9.17, 15) is 9.59 Å². The quantitative estimate of drug-likeness (QED) is 0.501. The lowest BCUT2D eigenvalue weighted by atomic mass is 10.0. The first-order valence-electron chi connectivity index (χ1n) is 7.28. The Kier molecular flexibility index (Phi) is 8.61. The number of rotatable bonds is 5. The minimum absolute atomic E-state index is 0.417. The van der Waals surface area contributed by atoms with E-state index < -0.39 is 6.29 Å². The van der Waals surface area contributed by atoms with Crippen molar-refractivity contribution >= 4 is 23.5 Å². The van der Waals surface area contributed by atoms with Gasteiger partial charge in [-0.1, -0.05) is 31.2 Å². The highest BCUT2D eigenvalue weighted by Gasteiger charge is 1.97. The predicted molar refractivity (Wildman–Crippen MR) is 89.8 cm³/mol. The third-order valence-electron chi connectivity index (χ3n) is 3.00. The summed E-state index contributed by atoms with van der Waals surface area (Å²) in [5.74, 6) is 0. The van der Waals surface area contributed by atoms with Gasteiger partial charge in [0.25, 0.3) is 0 Å². The molecule has 0 saturated carbocycles. The zero-order valence-corrected chi connectivity index (χ0v) is 13.2. The van der Waals surface area contributed by atoms with Crippen LogP contribution in [0.4, 0.5) is 11.4 Å². The fraction of sp³-hybridized carbons (Fsp3) is 0.222. The molecular formula is C18H18N2O4. The van der Waals surface area contributed by atoms with E-state index >= 15 is 0 Å². The van der Waals surface area contributed by atoms with Gasteiger partial charge in [-0.25, -0.2) is 9.59 Å². The second-order valence-electron chi connectivity index (χ2n) is 4.80. The number of nitrogens with zero attached hydrogens (tertiary/aromatic N) is 2. The van der Waals surface area contributed by atoms with Crippen molar-refractivity contribution in [3.8, 4) is 0 Å². The van der Waals surface area contributed by atoms with Crippen molar-refractivity contribution in [2.24, 2.45) is 9.98 Å². The Morgan fingerprint density at radius 3 is 1.42 bits per heavy atom. The zero-order chi connectivity index (χ0) is 17.8. The van der Waals surface area contributed by atoms with Crippen molar-refractivity contribution in [3.05, 3.63) is 59.7 Å². The highest BCUT2D eigenvalue weighted by molar-refractivity contribution is 5.51. The van der Waals surface area contributed by atoms with Crippen molar-refractivity contribution in [2.75, 3.05) is 0 Å². The molecule has 2 aromatic rings. The summed E-state index contributed by atoms with van der Waals surface area (Å²) in [7, 11) is 0. The molecule has 2 rings (SSSR count). The summed E-state index contributed by atoms with van der Waals surface area (Å²) in [5.41, 5.74) is 3.40. The van der Waals surface area contributed by atoms with Crippen LogP contribution in [-0.4, -0.2) is 28.7 Å². The summed E-state index contributed by atoms with van der Waals surface area (Å²) in [5, 5.41) is 15.8. The van der Waals surface area contributed by atoms with E-state index in [1.165, 1.54) is 12.2 Å². The third kappa shape index (κ3) is 7.40. The summed E-state index contributed by atoms with van der Waals surface area (Å²) in [4.78, 5) is 27.3. The third-order valence-corrected chi connectivity index (χ3v) is 3.00. The van der Waals surface area contributed by atoms with Gasteiger partial charge in [0.05, 0.1) is 11.4 Å². The molecule has 0 heterocycles. The molecule has 0 aliphatic carbocycles. The van der Waals surface area contributed by atoms with Crippen LogP contribution in [0.25, 0.3) is 0 Å². The predicted octanol–water partition coefficient (Wildman–Crippen LogP) is 2.92. The minimum atomic E-state index is -1.12. The second kappa shape index (κ2) is 10.8. The molecule has 6 heteroatoms. The van der Waals surface area contributed by atoms with E-state index in [4.69, 9.17) is 10.2 Å². The van der Waals surface area contributed by atoms with Crippen LogP contribution in [0.3, 0.4) is 0 Å². The first-order valence-corrected chi connectivity index (χ1v) is 7.28. The Balaban J connectivity index is 0.000000505. The van der Waals surface area contributed by atoms with Crippen LogP contribution >= 0.6 is 0 Å². The van der Waals surface area contributed by atoms with Gasteiger partial charge in [0.2, 0.25) is 12.2 Å². The van der Waals surface area contributed by atoms with E-state index in [2.05, 4.69) is 9.98 Å². The molecule has 6 nitrogen and oxygen atoms in total. The summed E-state index contributed by atoms with van der Waals surface area (Å²) >= 11 is 0. The Hall–Kier alpha value is -2.88. The molecule has 0 unspecified atom stereocenters. The average molecular weight is 326 g/mol. The number of aliphatic imine (C=N–C) groups is 2. The van der Waals surface area contributed by atoms with Gasteiger partial charge in [0.1, 0.15) is 0 Å². The van der Waals surface area contributed by atoms with Gasteiger partial charge in [0.15, 0.2) is 6.29 Å². The molecule has 2 N–H and O–H groups in total. The highest BCUT2D eigenvalue weighted by Crippen LogP contribution is 2.17. The summed E-state index contributed by atoms with van der Waals surface area (Å²) in [6.07, 6.45) is 3.07. The number of aliphatic hydroxyl groups is 2. The molecule has 0 fully saturated rings. The summed E-state index contributed by atoms with van der Waals surface area (Å²) in [6, 6.07) is 14.7. The van der Waals surface area contributed by atoms with Gasteiger partial charge in [-0.3, -0.25) is 0 Å². The molecule has 2 aromatic carbocycles. The molecule has 0 radical (unpaired) electrons.